The van der Waals surface area contributed by atoms with Gasteiger partial charge in [0.05, 0.1) is 12.2 Å². The fourth-order valence-electron chi connectivity index (χ4n) is 6.56. The Hall–Kier alpha value is -0.680. The van der Waals surface area contributed by atoms with Crippen LogP contribution in [-0.4, -0.2) is 44.4 Å². The molecule has 4 rings (SSSR count). The van der Waals surface area contributed by atoms with Crippen molar-refractivity contribution < 1.29 is 19.3 Å². The maximum atomic E-state index is 11.3. The first-order valence-electron chi connectivity index (χ1n) is 10.1. The number of fused-ring (bicyclic) bond motifs is 4. The van der Waals surface area contributed by atoms with E-state index in [1.807, 2.05) is 0 Å². The van der Waals surface area contributed by atoms with Gasteiger partial charge >= 0.3 is 0 Å². The van der Waals surface area contributed by atoms with Crippen LogP contribution in [0.25, 0.3) is 0 Å². The molecule has 0 saturated heterocycles. The summed E-state index contributed by atoms with van der Waals surface area (Å²) in [6, 6.07) is 0. The van der Waals surface area contributed by atoms with Gasteiger partial charge in [-0.15, -0.1) is 0 Å². The minimum atomic E-state index is -0.684. The Balaban J connectivity index is 1.65. The second-order valence-corrected chi connectivity index (χ2v) is 9.11. The second kappa shape index (κ2) is 6.44. The maximum Gasteiger partial charge on any atom is 0.171 e. The van der Waals surface area contributed by atoms with Gasteiger partial charge in [0.15, 0.2) is 5.79 Å². The highest BCUT2D eigenvalue weighted by atomic mass is 16.7. The van der Waals surface area contributed by atoms with E-state index in [4.69, 9.17) is 14.2 Å². The first-order valence-corrected chi connectivity index (χ1v) is 10.1. The van der Waals surface area contributed by atoms with E-state index in [0.717, 1.165) is 44.9 Å². The van der Waals surface area contributed by atoms with Gasteiger partial charge in [-0.2, -0.15) is 0 Å². The summed E-state index contributed by atoms with van der Waals surface area (Å²) < 4.78 is 16.9. The molecule has 4 nitrogen and oxygen atoms in total. The second-order valence-electron chi connectivity index (χ2n) is 9.11. The minimum absolute atomic E-state index is 0.0628. The van der Waals surface area contributed by atoms with Crippen LogP contribution in [0.1, 0.15) is 58.3 Å². The van der Waals surface area contributed by atoms with Crippen LogP contribution >= 0.6 is 0 Å². The van der Waals surface area contributed by atoms with E-state index in [-0.39, 0.29) is 5.41 Å². The van der Waals surface area contributed by atoms with Gasteiger partial charge in [0.2, 0.25) is 0 Å². The monoisotopic (exact) mass is 362 g/mol. The molecule has 26 heavy (non-hydrogen) atoms. The van der Waals surface area contributed by atoms with Crippen LogP contribution in [-0.2, 0) is 14.2 Å². The van der Waals surface area contributed by atoms with Gasteiger partial charge in [0, 0.05) is 39.6 Å². The Morgan fingerprint density at radius 3 is 2.58 bits per heavy atom. The zero-order valence-electron chi connectivity index (χ0n) is 16.8. The van der Waals surface area contributed by atoms with E-state index in [0.29, 0.717) is 18.4 Å². The van der Waals surface area contributed by atoms with Gasteiger partial charge in [0.25, 0.3) is 0 Å². The Labute approximate surface area is 157 Å². The molecular formula is C22H34O4. The number of hydrogen-bond acceptors (Lipinski definition) is 4. The summed E-state index contributed by atoms with van der Waals surface area (Å²) in [4.78, 5) is 0. The molecule has 4 atom stereocenters. The third-order valence-electron chi connectivity index (χ3n) is 8.28. The Bertz CT molecular complexity index is 632. The van der Waals surface area contributed by atoms with E-state index >= 15 is 0 Å². The molecule has 146 valence electrons. The molecule has 0 amide bonds. The average Bonchev–Trinajstić information content (AvgIpc) is 2.92. The Kier molecular flexibility index (Phi) is 4.62. The van der Waals surface area contributed by atoms with Crippen LogP contribution in [0.15, 0.2) is 22.8 Å². The molecule has 1 fully saturated rings. The standard InChI is InChI=1S/C22H34O4/c1-20-10-7-17-16-8-12-22(25-3,26-4)13-15(16)5-6-18(17)19(20)9-11-21(20,23)14-24-2/h7,18-19,23H,5-6,8-14H2,1-4H3/t18-,19+,20+,21-/m1/s1. The van der Waals surface area contributed by atoms with E-state index < -0.39 is 11.4 Å². The molecule has 0 spiro atoms. The highest BCUT2D eigenvalue weighted by Gasteiger charge is 2.60. The summed E-state index contributed by atoms with van der Waals surface area (Å²) >= 11 is 0. The highest BCUT2D eigenvalue weighted by molar-refractivity contribution is 5.45. The summed E-state index contributed by atoms with van der Waals surface area (Å²) in [6.07, 6.45) is 10.6. The molecule has 1 saturated carbocycles. The van der Waals surface area contributed by atoms with Crippen molar-refractivity contribution in [3.8, 4) is 0 Å². The van der Waals surface area contributed by atoms with Gasteiger partial charge in [-0.3, -0.25) is 0 Å². The largest absolute Gasteiger partial charge is 0.387 e. The lowest BCUT2D eigenvalue weighted by atomic mass is 9.56. The highest BCUT2D eigenvalue weighted by Crippen LogP contribution is 2.62. The maximum absolute atomic E-state index is 11.3. The molecule has 4 heteroatoms. The molecule has 0 heterocycles. The van der Waals surface area contributed by atoms with Crippen molar-refractivity contribution in [2.24, 2.45) is 17.3 Å². The first kappa shape index (κ1) is 18.7. The van der Waals surface area contributed by atoms with Crippen molar-refractivity contribution in [2.45, 2.75) is 69.7 Å². The lowest BCUT2D eigenvalue weighted by molar-refractivity contribution is -0.212. The summed E-state index contributed by atoms with van der Waals surface area (Å²) in [6.45, 7) is 2.75. The third kappa shape index (κ3) is 2.49. The number of rotatable bonds is 4. The van der Waals surface area contributed by atoms with Crippen molar-refractivity contribution in [2.75, 3.05) is 27.9 Å². The lowest BCUT2D eigenvalue weighted by Crippen LogP contribution is -2.51. The topological polar surface area (TPSA) is 47.9 Å². The third-order valence-corrected chi connectivity index (χ3v) is 8.28. The van der Waals surface area contributed by atoms with Crippen molar-refractivity contribution in [1.29, 1.82) is 0 Å². The van der Waals surface area contributed by atoms with Crippen molar-refractivity contribution >= 4 is 0 Å². The molecule has 0 aromatic carbocycles. The van der Waals surface area contributed by atoms with Crippen LogP contribution in [0, 0.1) is 17.3 Å². The number of aliphatic hydroxyl groups is 1. The molecule has 0 radical (unpaired) electrons. The molecule has 0 bridgehead atoms. The van der Waals surface area contributed by atoms with Crippen LogP contribution in [0.3, 0.4) is 0 Å². The summed E-state index contributed by atoms with van der Waals surface area (Å²) in [5.74, 6) is 0.728. The summed E-state index contributed by atoms with van der Waals surface area (Å²) in [5.41, 5.74) is 3.95. The van der Waals surface area contributed by atoms with Crippen LogP contribution in [0.5, 0.6) is 0 Å². The van der Waals surface area contributed by atoms with Gasteiger partial charge in [-0.1, -0.05) is 18.6 Å². The number of allylic oxidation sites excluding steroid dienone is 3. The zero-order chi connectivity index (χ0) is 18.6. The Morgan fingerprint density at radius 1 is 1.12 bits per heavy atom. The van der Waals surface area contributed by atoms with E-state index in [1.165, 1.54) is 12.0 Å². The lowest BCUT2D eigenvalue weighted by Gasteiger charge is -2.51. The summed E-state index contributed by atoms with van der Waals surface area (Å²) in [5, 5.41) is 11.3. The summed E-state index contributed by atoms with van der Waals surface area (Å²) in [7, 11) is 5.23. The van der Waals surface area contributed by atoms with Crippen LogP contribution < -0.4 is 0 Å². The number of ether oxygens (including phenoxy) is 3. The minimum Gasteiger partial charge on any atom is -0.387 e. The smallest absolute Gasteiger partial charge is 0.171 e. The van der Waals surface area contributed by atoms with Crippen molar-refractivity contribution in [3.05, 3.63) is 22.8 Å². The van der Waals surface area contributed by atoms with E-state index in [9.17, 15) is 5.11 Å². The average molecular weight is 363 g/mol. The molecule has 0 aromatic rings. The van der Waals surface area contributed by atoms with Crippen molar-refractivity contribution in [1.82, 2.24) is 0 Å². The predicted octanol–water partition coefficient (Wildman–Crippen LogP) is 3.99. The molecule has 1 N–H and O–H groups in total. The Morgan fingerprint density at radius 2 is 1.88 bits per heavy atom. The van der Waals surface area contributed by atoms with E-state index in [1.54, 1.807) is 32.5 Å². The van der Waals surface area contributed by atoms with Gasteiger partial charge in [-0.05, 0) is 61.5 Å². The molecule has 0 unspecified atom stereocenters. The molecule has 4 aliphatic rings. The fourth-order valence-corrected chi connectivity index (χ4v) is 6.56. The quantitative estimate of drug-likeness (QED) is 0.768. The van der Waals surface area contributed by atoms with E-state index in [2.05, 4.69) is 13.0 Å². The predicted molar refractivity (Wildman–Crippen MR) is 101 cm³/mol. The SMILES string of the molecule is COC[C@]1(O)CC[C@H]2[C@@H]3CCC4=C(CCC(OC)(OC)C4)C3=CC[C@@]21C. The van der Waals surface area contributed by atoms with Gasteiger partial charge < -0.3 is 19.3 Å². The fraction of sp³-hybridized carbons (Fsp3) is 0.818. The first-order chi connectivity index (χ1) is 12.4. The molecule has 0 aliphatic heterocycles. The molecular weight excluding hydrogens is 328 g/mol. The normalized spacial score (nSPS) is 41.3. The number of hydrogen-bond donors (Lipinski definition) is 1. The molecule has 4 aliphatic carbocycles. The molecule has 0 aromatic heterocycles. The zero-order valence-corrected chi connectivity index (χ0v) is 16.8. The van der Waals surface area contributed by atoms with Crippen molar-refractivity contribution in [3.63, 3.8) is 0 Å². The van der Waals surface area contributed by atoms with Gasteiger partial charge in [0.1, 0.15) is 0 Å². The van der Waals surface area contributed by atoms with Gasteiger partial charge in [-0.25, -0.2) is 0 Å². The van der Waals surface area contributed by atoms with Crippen LogP contribution in [0.2, 0.25) is 0 Å². The van der Waals surface area contributed by atoms with Crippen LogP contribution in [0.4, 0.5) is 0 Å². The number of methoxy groups -OCH3 is 3.